The van der Waals surface area contributed by atoms with Crippen LogP contribution in [0.1, 0.15) is 11.1 Å². The lowest BCUT2D eigenvalue weighted by atomic mass is 10.1. The smallest absolute Gasteiger partial charge is 0.159 e. The minimum absolute atomic E-state index is 0.660. The van der Waals surface area contributed by atoms with Crippen molar-refractivity contribution in [1.82, 2.24) is 15.2 Å². The molecule has 0 spiro atoms. The third-order valence-electron chi connectivity index (χ3n) is 4.57. The van der Waals surface area contributed by atoms with Gasteiger partial charge in [-0.15, -0.1) is 0 Å². The second-order valence-corrected chi connectivity index (χ2v) is 6.09. The maximum absolute atomic E-state index is 5.48. The number of ether oxygens (including phenoxy) is 2. The maximum atomic E-state index is 5.48. The molecule has 6 heteroatoms. The molecule has 2 aromatic carbocycles. The van der Waals surface area contributed by atoms with Crippen LogP contribution in [-0.4, -0.2) is 22.3 Å². The number of rotatable bonds is 3. The second-order valence-electron chi connectivity index (χ2n) is 6.09. The Morgan fingerprint density at radius 1 is 1.08 bits per heavy atom. The summed E-state index contributed by atoms with van der Waals surface area (Å²) in [4.78, 5) is 4.76. The molecule has 124 valence electrons. The zero-order valence-corrected chi connectivity index (χ0v) is 13.7. The lowest BCUT2D eigenvalue weighted by Crippen LogP contribution is -1.97. The average molecular weight is 332 g/mol. The van der Waals surface area contributed by atoms with Gasteiger partial charge in [-0.05, 0) is 41.5 Å². The normalized spacial score (nSPS) is 13.3. The van der Waals surface area contributed by atoms with Crippen LogP contribution >= 0.6 is 0 Å². The van der Waals surface area contributed by atoms with Gasteiger partial charge in [-0.3, -0.25) is 5.10 Å². The van der Waals surface area contributed by atoms with E-state index in [9.17, 15) is 0 Å². The molecule has 2 N–H and O–H groups in total. The highest BCUT2D eigenvalue weighted by Gasteiger charge is 2.14. The molecule has 0 amide bonds. The number of nitrogens with one attached hydrogen (secondary N) is 2. The van der Waals surface area contributed by atoms with Crippen LogP contribution in [0.2, 0.25) is 0 Å². The number of H-pyrrole nitrogens is 1. The fraction of sp³-hybridized carbons (Fsp3) is 0.158. The number of hydrogen-bond acceptors (Lipinski definition) is 5. The Bertz CT molecular complexity index is 1100. The number of pyridine rings is 1. The van der Waals surface area contributed by atoms with Crippen molar-refractivity contribution in [1.29, 1.82) is 0 Å². The molecule has 1 aliphatic rings. The summed E-state index contributed by atoms with van der Waals surface area (Å²) in [6.07, 6.45) is 1.89. The molecule has 4 aromatic rings. The maximum Gasteiger partial charge on any atom is 0.159 e. The molecule has 0 bridgehead atoms. The van der Waals surface area contributed by atoms with Crippen molar-refractivity contribution in [3.8, 4) is 5.75 Å². The van der Waals surface area contributed by atoms with Crippen LogP contribution in [0.5, 0.6) is 5.75 Å². The minimum Gasteiger partial charge on any atom is -0.497 e. The SMILES string of the molecule is COc1ccc2nc(Nc3ccc4c(c3)COC4)c3n[nH]cc3c2c1. The highest BCUT2D eigenvalue weighted by atomic mass is 16.5. The van der Waals surface area contributed by atoms with Crippen LogP contribution in [0, 0.1) is 0 Å². The van der Waals surface area contributed by atoms with Crippen molar-refractivity contribution >= 4 is 33.3 Å². The van der Waals surface area contributed by atoms with Crippen LogP contribution in [0.4, 0.5) is 11.5 Å². The van der Waals surface area contributed by atoms with E-state index in [1.165, 1.54) is 11.1 Å². The summed E-state index contributed by atoms with van der Waals surface area (Å²) < 4.78 is 10.8. The van der Waals surface area contributed by atoms with E-state index in [2.05, 4.69) is 27.6 Å². The van der Waals surface area contributed by atoms with E-state index in [4.69, 9.17) is 14.5 Å². The van der Waals surface area contributed by atoms with Crippen LogP contribution < -0.4 is 10.1 Å². The van der Waals surface area contributed by atoms with Crippen molar-refractivity contribution in [3.05, 3.63) is 53.7 Å². The first-order chi connectivity index (χ1) is 12.3. The Morgan fingerprint density at radius 2 is 2.00 bits per heavy atom. The topological polar surface area (TPSA) is 72.1 Å². The predicted octanol–water partition coefficient (Wildman–Crippen LogP) is 3.89. The molecule has 2 aromatic heterocycles. The minimum atomic E-state index is 0.660. The quantitative estimate of drug-likeness (QED) is 0.595. The summed E-state index contributed by atoms with van der Waals surface area (Å²) in [6, 6.07) is 12.1. The number of fused-ring (bicyclic) bond motifs is 4. The number of aromatic nitrogens is 3. The Labute approximate surface area is 143 Å². The second kappa shape index (κ2) is 5.46. The van der Waals surface area contributed by atoms with Crippen molar-refractivity contribution in [3.63, 3.8) is 0 Å². The van der Waals surface area contributed by atoms with Gasteiger partial charge in [0.05, 0.1) is 25.8 Å². The molecule has 0 atom stereocenters. The van der Waals surface area contributed by atoms with Gasteiger partial charge >= 0.3 is 0 Å². The van der Waals surface area contributed by atoms with E-state index < -0.39 is 0 Å². The van der Waals surface area contributed by atoms with Gasteiger partial charge in [0, 0.05) is 22.7 Å². The van der Waals surface area contributed by atoms with E-state index in [1.54, 1.807) is 7.11 Å². The van der Waals surface area contributed by atoms with Gasteiger partial charge in [-0.25, -0.2) is 4.98 Å². The van der Waals surface area contributed by atoms with E-state index in [0.717, 1.165) is 39.1 Å². The molecule has 5 rings (SSSR count). The average Bonchev–Trinajstić information content (AvgIpc) is 3.30. The van der Waals surface area contributed by atoms with Crippen LogP contribution in [0.25, 0.3) is 21.8 Å². The molecule has 1 aliphatic heterocycles. The standard InChI is InChI=1S/C19H16N4O2/c1-24-14-4-5-17-15(7-14)16-8-20-23-18(16)19(22-17)21-13-3-2-11-9-25-10-12(11)6-13/h2-8H,9-10H2,1H3,(H,20,23)(H,21,22). The van der Waals surface area contributed by atoms with E-state index in [0.29, 0.717) is 13.2 Å². The van der Waals surface area contributed by atoms with Crippen LogP contribution in [0.3, 0.4) is 0 Å². The predicted molar refractivity (Wildman–Crippen MR) is 96.2 cm³/mol. The number of hydrogen-bond donors (Lipinski definition) is 2. The van der Waals surface area contributed by atoms with E-state index >= 15 is 0 Å². The summed E-state index contributed by atoms with van der Waals surface area (Å²) in [5.41, 5.74) is 5.14. The molecular formula is C19H16N4O2. The van der Waals surface area contributed by atoms with Crippen molar-refractivity contribution < 1.29 is 9.47 Å². The molecule has 0 saturated carbocycles. The summed E-state index contributed by atoms with van der Waals surface area (Å²) in [5.74, 6) is 1.53. The summed E-state index contributed by atoms with van der Waals surface area (Å²) >= 11 is 0. The first-order valence-electron chi connectivity index (χ1n) is 8.09. The monoisotopic (exact) mass is 332 g/mol. The third-order valence-corrected chi connectivity index (χ3v) is 4.57. The van der Waals surface area contributed by atoms with Gasteiger partial charge in [0.15, 0.2) is 5.82 Å². The molecular weight excluding hydrogens is 316 g/mol. The molecule has 6 nitrogen and oxygen atoms in total. The molecule has 0 aliphatic carbocycles. The van der Waals surface area contributed by atoms with Gasteiger partial charge in [-0.1, -0.05) is 6.07 Å². The molecule has 0 fully saturated rings. The van der Waals surface area contributed by atoms with Gasteiger partial charge in [0.25, 0.3) is 0 Å². The molecule has 0 saturated heterocycles. The van der Waals surface area contributed by atoms with Gasteiger partial charge in [0.1, 0.15) is 11.3 Å². The van der Waals surface area contributed by atoms with Crippen LogP contribution in [0.15, 0.2) is 42.6 Å². The third kappa shape index (κ3) is 2.30. The Kier molecular flexibility index (Phi) is 3.11. The lowest BCUT2D eigenvalue weighted by Gasteiger charge is -2.10. The van der Waals surface area contributed by atoms with Gasteiger partial charge in [0.2, 0.25) is 0 Å². The van der Waals surface area contributed by atoms with Gasteiger partial charge in [-0.2, -0.15) is 5.10 Å². The van der Waals surface area contributed by atoms with Gasteiger partial charge < -0.3 is 14.8 Å². The summed E-state index contributed by atoms with van der Waals surface area (Å²) in [5, 5.41) is 12.7. The first kappa shape index (κ1) is 14.2. The zero-order chi connectivity index (χ0) is 16.8. The highest BCUT2D eigenvalue weighted by Crippen LogP contribution is 2.32. The van der Waals surface area contributed by atoms with Crippen LogP contribution in [-0.2, 0) is 18.0 Å². The Balaban J connectivity index is 1.64. The fourth-order valence-corrected chi connectivity index (χ4v) is 3.28. The zero-order valence-electron chi connectivity index (χ0n) is 13.7. The fourth-order valence-electron chi connectivity index (χ4n) is 3.28. The van der Waals surface area contributed by atoms with E-state index in [-0.39, 0.29) is 0 Å². The first-order valence-corrected chi connectivity index (χ1v) is 8.09. The Hall–Kier alpha value is -3.12. The number of benzene rings is 2. The van der Waals surface area contributed by atoms with Crippen molar-refractivity contribution in [2.75, 3.05) is 12.4 Å². The van der Waals surface area contributed by atoms with E-state index in [1.807, 2.05) is 30.5 Å². The summed E-state index contributed by atoms with van der Waals surface area (Å²) in [7, 11) is 1.66. The molecule has 25 heavy (non-hydrogen) atoms. The highest BCUT2D eigenvalue weighted by molar-refractivity contribution is 6.09. The lowest BCUT2D eigenvalue weighted by molar-refractivity contribution is 0.134. The molecule has 0 unspecified atom stereocenters. The van der Waals surface area contributed by atoms with Crippen molar-refractivity contribution in [2.24, 2.45) is 0 Å². The molecule has 3 heterocycles. The number of anilines is 2. The summed E-state index contributed by atoms with van der Waals surface area (Å²) in [6.45, 7) is 1.35. The van der Waals surface area contributed by atoms with Crippen molar-refractivity contribution in [2.45, 2.75) is 13.2 Å². The molecule has 0 radical (unpaired) electrons. The number of nitrogens with zero attached hydrogens (tertiary/aromatic N) is 2. The number of methoxy groups -OCH3 is 1. The Morgan fingerprint density at radius 3 is 2.92 bits per heavy atom. The largest absolute Gasteiger partial charge is 0.497 e. The number of aromatic amines is 1.